The third-order valence-corrected chi connectivity index (χ3v) is 11.9. The smallest absolute Gasteiger partial charge is 0.462 e. The SMILES string of the molecule is CC/C=C\C/C=C\C/C=C\C/C=C\C/C=C\CCCCCCCCCCCCCCCCCCCCCCCC(=O)OC(COC(=O)CCCCCCC)COP(=O)(O)OCCN. The number of phosphoric acid groups is 1. The van der Waals surface area contributed by atoms with Gasteiger partial charge in [-0.1, -0.05) is 222 Å². The number of hydrogen-bond acceptors (Lipinski definition) is 8. The summed E-state index contributed by atoms with van der Waals surface area (Å²) in [6.07, 6.45) is 60.6. The van der Waals surface area contributed by atoms with Crippen molar-refractivity contribution in [2.45, 2.75) is 238 Å². The first-order valence-corrected chi connectivity index (χ1v) is 27.3. The zero-order valence-electron chi connectivity index (χ0n) is 40.6. The predicted octanol–water partition coefficient (Wildman–Crippen LogP) is 15.6. The van der Waals surface area contributed by atoms with Gasteiger partial charge in [0.15, 0.2) is 6.10 Å². The third kappa shape index (κ3) is 49.0. The summed E-state index contributed by atoms with van der Waals surface area (Å²) in [6.45, 7) is 3.53. The van der Waals surface area contributed by atoms with E-state index in [0.717, 1.165) is 77.0 Å². The number of allylic oxidation sites excluding steroid dienone is 10. The van der Waals surface area contributed by atoms with Crippen LogP contribution >= 0.6 is 7.82 Å². The predicted molar refractivity (Wildman–Crippen MR) is 266 cm³/mol. The maximum absolute atomic E-state index is 12.5. The summed E-state index contributed by atoms with van der Waals surface area (Å²) < 4.78 is 32.6. The van der Waals surface area contributed by atoms with E-state index in [0.29, 0.717) is 6.42 Å². The van der Waals surface area contributed by atoms with E-state index in [4.69, 9.17) is 24.3 Å². The fourth-order valence-electron chi connectivity index (χ4n) is 7.13. The first-order valence-electron chi connectivity index (χ1n) is 25.8. The number of unbranched alkanes of at least 4 members (excludes halogenated alkanes) is 25. The lowest BCUT2D eigenvalue weighted by molar-refractivity contribution is -0.161. The second-order valence-corrected chi connectivity index (χ2v) is 18.5. The van der Waals surface area contributed by atoms with E-state index in [2.05, 4.69) is 74.6 Å². The van der Waals surface area contributed by atoms with Crippen LogP contribution in [-0.4, -0.2) is 49.3 Å². The van der Waals surface area contributed by atoms with Crippen molar-refractivity contribution in [3.63, 3.8) is 0 Å². The Hall–Kier alpha value is -2.29. The van der Waals surface area contributed by atoms with Gasteiger partial charge in [-0.15, -0.1) is 0 Å². The lowest BCUT2D eigenvalue weighted by Crippen LogP contribution is -2.29. The molecule has 0 aromatic carbocycles. The van der Waals surface area contributed by atoms with Crippen LogP contribution in [0.4, 0.5) is 0 Å². The topological polar surface area (TPSA) is 134 Å². The Morgan fingerprint density at radius 2 is 0.873 bits per heavy atom. The van der Waals surface area contributed by atoms with Crippen LogP contribution in [0.1, 0.15) is 232 Å². The highest BCUT2D eigenvalue weighted by molar-refractivity contribution is 7.47. The van der Waals surface area contributed by atoms with E-state index in [1.54, 1.807) is 0 Å². The summed E-state index contributed by atoms with van der Waals surface area (Å²) in [5, 5.41) is 0. The van der Waals surface area contributed by atoms with Crippen molar-refractivity contribution in [3.8, 4) is 0 Å². The molecule has 0 bridgehead atoms. The van der Waals surface area contributed by atoms with Gasteiger partial charge in [0.2, 0.25) is 0 Å². The summed E-state index contributed by atoms with van der Waals surface area (Å²) in [5.74, 6) is -0.836. The minimum absolute atomic E-state index is 0.0542. The van der Waals surface area contributed by atoms with Crippen LogP contribution < -0.4 is 5.73 Å². The monoisotopic (exact) mass is 906 g/mol. The van der Waals surface area contributed by atoms with Gasteiger partial charge < -0.3 is 20.1 Å². The number of carbonyl (C=O) groups is 2. The number of carbonyl (C=O) groups excluding carboxylic acids is 2. The lowest BCUT2D eigenvalue weighted by Gasteiger charge is -2.19. The molecule has 9 nitrogen and oxygen atoms in total. The highest BCUT2D eigenvalue weighted by atomic mass is 31.2. The molecule has 0 radical (unpaired) electrons. The van der Waals surface area contributed by atoms with E-state index in [1.807, 2.05) is 0 Å². The van der Waals surface area contributed by atoms with Gasteiger partial charge in [-0.05, 0) is 57.8 Å². The lowest BCUT2D eigenvalue weighted by atomic mass is 10.0. The van der Waals surface area contributed by atoms with Crippen LogP contribution in [0, 0.1) is 0 Å². The summed E-state index contributed by atoms with van der Waals surface area (Å²) >= 11 is 0. The number of rotatable bonds is 48. The summed E-state index contributed by atoms with van der Waals surface area (Å²) in [4.78, 5) is 34.6. The van der Waals surface area contributed by atoms with Crippen molar-refractivity contribution in [2.75, 3.05) is 26.4 Å². The average Bonchev–Trinajstić information content (AvgIpc) is 3.27. The number of hydrogen-bond donors (Lipinski definition) is 2. The zero-order valence-corrected chi connectivity index (χ0v) is 41.4. The van der Waals surface area contributed by atoms with Crippen molar-refractivity contribution in [3.05, 3.63) is 60.8 Å². The van der Waals surface area contributed by atoms with E-state index in [9.17, 15) is 19.0 Å². The van der Waals surface area contributed by atoms with Gasteiger partial charge in [0.05, 0.1) is 13.2 Å². The van der Waals surface area contributed by atoms with E-state index >= 15 is 0 Å². The highest BCUT2D eigenvalue weighted by Crippen LogP contribution is 2.43. The Morgan fingerprint density at radius 1 is 0.492 bits per heavy atom. The summed E-state index contributed by atoms with van der Waals surface area (Å²) in [6, 6.07) is 0. The average molecular weight is 906 g/mol. The Balaban J connectivity index is 3.68. The largest absolute Gasteiger partial charge is 0.472 e. The van der Waals surface area contributed by atoms with Crippen molar-refractivity contribution >= 4 is 19.8 Å². The van der Waals surface area contributed by atoms with Gasteiger partial charge in [0.25, 0.3) is 0 Å². The van der Waals surface area contributed by atoms with Gasteiger partial charge in [0.1, 0.15) is 6.61 Å². The molecule has 2 atom stereocenters. The molecule has 0 aromatic rings. The highest BCUT2D eigenvalue weighted by Gasteiger charge is 2.26. The molecule has 0 heterocycles. The summed E-state index contributed by atoms with van der Waals surface area (Å²) in [7, 11) is -4.37. The molecule has 3 N–H and O–H groups in total. The van der Waals surface area contributed by atoms with Crippen LogP contribution in [0.25, 0.3) is 0 Å². The fraction of sp³-hybridized carbons (Fsp3) is 0.774. The molecule has 0 aromatic heterocycles. The molecule has 0 aliphatic carbocycles. The minimum atomic E-state index is -4.37. The van der Waals surface area contributed by atoms with Crippen molar-refractivity contribution < 1.29 is 37.6 Å². The molecule has 0 amide bonds. The van der Waals surface area contributed by atoms with Gasteiger partial charge in [-0.25, -0.2) is 4.57 Å². The standard InChI is InChI=1S/C53H96NO8P/c1-3-5-7-9-10-11-12-13-14-15-16-17-18-19-20-21-22-23-24-25-26-27-28-29-30-31-32-33-34-35-36-37-38-39-40-42-44-46-53(56)62-51(50-61-63(57,58)60-48-47-54)49-59-52(55)45-43-41-8-6-4-2/h5,7,10-11,13-14,16-17,19-20,51H,3-4,6,8-9,12,15,18,21-50,54H2,1-2H3,(H,57,58)/b7-5-,11-10-,14-13-,17-16-,20-19-. The molecular weight excluding hydrogens is 810 g/mol. The first kappa shape index (κ1) is 60.7. The second kappa shape index (κ2) is 49.2. The zero-order chi connectivity index (χ0) is 46.0. The normalized spacial score (nSPS) is 13.7. The fourth-order valence-corrected chi connectivity index (χ4v) is 7.90. The molecule has 0 aliphatic heterocycles. The van der Waals surface area contributed by atoms with Crippen LogP contribution in [0.5, 0.6) is 0 Å². The van der Waals surface area contributed by atoms with Gasteiger partial charge in [-0.2, -0.15) is 0 Å². The van der Waals surface area contributed by atoms with Gasteiger partial charge in [-0.3, -0.25) is 18.6 Å². The van der Waals surface area contributed by atoms with Crippen molar-refractivity contribution in [2.24, 2.45) is 5.73 Å². The Kier molecular flexibility index (Phi) is 47.4. The molecule has 0 spiro atoms. The number of esters is 2. The molecule has 0 aliphatic rings. The summed E-state index contributed by atoms with van der Waals surface area (Å²) in [5.41, 5.74) is 5.33. The second-order valence-electron chi connectivity index (χ2n) is 17.0. The third-order valence-electron chi connectivity index (χ3n) is 10.9. The van der Waals surface area contributed by atoms with Crippen LogP contribution in [-0.2, 0) is 32.7 Å². The molecule has 0 fully saturated rings. The quantitative estimate of drug-likeness (QED) is 0.0265. The van der Waals surface area contributed by atoms with Crippen LogP contribution in [0.2, 0.25) is 0 Å². The molecule has 0 saturated carbocycles. The Morgan fingerprint density at radius 3 is 1.30 bits per heavy atom. The molecule has 10 heteroatoms. The maximum Gasteiger partial charge on any atom is 0.472 e. The minimum Gasteiger partial charge on any atom is -0.462 e. The van der Waals surface area contributed by atoms with E-state index in [1.165, 1.54) is 122 Å². The Bertz CT molecular complexity index is 1220. The molecule has 63 heavy (non-hydrogen) atoms. The molecule has 0 rings (SSSR count). The number of phosphoric ester groups is 1. The molecular formula is C53H96NO8P. The first-order chi connectivity index (χ1) is 30.8. The number of nitrogens with two attached hydrogens (primary N) is 1. The van der Waals surface area contributed by atoms with Crippen LogP contribution in [0.15, 0.2) is 60.8 Å². The number of ether oxygens (including phenoxy) is 2. The molecule has 2 unspecified atom stereocenters. The molecule has 0 saturated heterocycles. The Labute approximate surface area is 387 Å². The van der Waals surface area contributed by atoms with Crippen molar-refractivity contribution in [1.82, 2.24) is 0 Å². The van der Waals surface area contributed by atoms with Gasteiger partial charge in [0, 0.05) is 19.4 Å². The van der Waals surface area contributed by atoms with Crippen LogP contribution in [0.3, 0.4) is 0 Å². The maximum atomic E-state index is 12.5. The van der Waals surface area contributed by atoms with E-state index < -0.39 is 32.5 Å². The molecule has 366 valence electrons. The van der Waals surface area contributed by atoms with Gasteiger partial charge >= 0.3 is 19.8 Å². The van der Waals surface area contributed by atoms with E-state index in [-0.39, 0.29) is 32.6 Å². The van der Waals surface area contributed by atoms with Crippen molar-refractivity contribution in [1.29, 1.82) is 0 Å².